The molecular weight excluding hydrogens is 382 g/mol. The molecule has 0 spiro atoms. The van der Waals surface area contributed by atoms with Crippen LogP contribution in [0.2, 0.25) is 0 Å². The van der Waals surface area contributed by atoms with E-state index in [4.69, 9.17) is 26.1 Å². The van der Waals surface area contributed by atoms with E-state index in [1.807, 2.05) is 6.07 Å². The molecule has 0 saturated carbocycles. The molecule has 0 unspecified atom stereocenters. The average Bonchev–Trinajstić information content (AvgIpc) is 3.19. The molecule has 8 nitrogen and oxygen atoms in total. The highest BCUT2D eigenvalue weighted by atomic mass is 32.1. The lowest BCUT2D eigenvalue weighted by atomic mass is 10.2. The first kappa shape index (κ1) is 21.0. The zero-order chi connectivity index (χ0) is 20.4. The maximum atomic E-state index is 11.4. The molecule has 28 heavy (non-hydrogen) atoms. The third kappa shape index (κ3) is 6.13. The van der Waals surface area contributed by atoms with E-state index in [1.54, 1.807) is 30.5 Å². The summed E-state index contributed by atoms with van der Waals surface area (Å²) >= 11 is 5.04. The van der Waals surface area contributed by atoms with Crippen LogP contribution >= 0.6 is 12.2 Å². The second kappa shape index (κ2) is 10.7. The van der Waals surface area contributed by atoms with Gasteiger partial charge in [-0.15, -0.1) is 6.58 Å². The lowest BCUT2D eigenvalue weighted by Crippen LogP contribution is -2.31. The molecule has 2 rings (SSSR count). The number of thiocarbonyl (C=S) groups is 1. The van der Waals surface area contributed by atoms with Gasteiger partial charge in [0.1, 0.15) is 12.4 Å². The van der Waals surface area contributed by atoms with Crippen LogP contribution in [0.3, 0.4) is 0 Å². The van der Waals surface area contributed by atoms with Gasteiger partial charge in [-0.2, -0.15) is 5.10 Å². The Hall–Kier alpha value is -3.33. The van der Waals surface area contributed by atoms with Gasteiger partial charge in [0.25, 0.3) is 0 Å². The number of ether oxygens (including phenoxy) is 3. The van der Waals surface area contributed by atoms with Gasteiger partial charge in [-0.25, -0.2) is 4.79 Å². The predicted molar refractivity (Wildman–Crippen MR) is 109 cm³/mol. The molecule has 2 aromatic rings. The second-order valence-corrected chi connectivity index (χ2v) is 5.73. The number of rotatable bonds is 9. The monoisotopic (exact) mass is 403 g/mol. The molecule has 9 heteroatoms. The molecule has 0 amide bonds. The summed E-state index contributed by atoms with van der Waals surface area (Å²) in [7, 11) is 2.83. The van der Waals surface area contributed by atoms with E-state index in [0.29, 0.717) is 28.9 Å². The molecule has 2 N–H and O–H groups in total. The van der Waals surface area contributed by atoms with Crippen LogP contribution in [0.5, 0.6) is 11.5 Å². The van der Waals surface area contributed by atoms with E-state index in [9.17, 15) is 4.79 Å². The van der Waals surface area contributed by atoms with Crippen molar-refractivity contribution in [1.29, 1.82) is 0 Å². The van der Waals surface area contributed by atoms with E-state index in [0.717, 1.165) is 5.56 Å². The van der Waals surface area contributed by atoms with Crippen LogP contribution in [-0.4, -0.2) is 38.1 Å². The van der Waals surface area contributed by atoms with Crippen LogP contribution in [0.15, 0.2) is 52.5 Å². The number of nitrogens with one attached hydrogen (secondary N) is 2. The highest BCUT2D eigenvalue weighted by molar-refractivity contribution is 7.80. The predicted octanol–water partition coefficient (Wildman–Crippen LogP) is 2.64. The first-order chi connectivity index (χ1) is 13.6. The lowest BCUT2D eigenvalue weighted by Gasteiger charge is -2.10. The number of hydrogen-bond donors (Lipinski definition) is 2. The summed E-state index contributed by atoms with van der Waals surface area (Å²) < 4.78 is 21.0. The van der Waals surface area contributed by atoms with Gasteiger partial charge in [0.15, 0.2) is 16.6 Å². The topological polar surface area (TPSA) is 94.3 Å². The summed E-state index contributed by atoms with van der Waals surface area (Å²) in [6.45, 7) is 4.28. The molecular formula is C19H21N3O5S. The molecule has 0 aliphatic heterocycles. The maximum absolute atomic E-state index is 11.4. The Morgan fingerprint density at radius 3 is 2.82 bits per heavy atom. The number of methoxy groups -OCH3 is 2. The number of furan rings is 1. The molecule has 0 radical (unpaired) electrons. The molecule has 0 aliphatic carbocycles. The van der Waals surface area contributed by atoms with E-state index in [-0.39, 0.29) is 12.4 Å². The number of benzene rings is 1. The third-order valence-electron chi connectivity index (χ3n) is 3.39. The van der Waals surface area contributed by atoms with E-state index >= 15 is 0 Å². The zero-order valence-corrected chi connectivity index (χ0v) is 16.4. The number of hydrogen-bond acceptors (Lipinski definition) is 7. The number of carbonyl (C=O) groups is 1. The Balaban J connectivity index is 1.96. The van der Waals surface area contributed by atoms with Crippen molar-refractivity contribution in [3.05, 3.63) is 60.1 Å². The van der Waals surface area contributed by atoms with Crippen molar-refractivity contribution in [3.8, 4) is 11.5 Å². The summed E-state index contributed by atoms with van der Waals surface area (Å²) in [5, 5.41) is 7.35. The molecule has 0 bridgehead atoms. The van der Waals surface area contributed by atoms with Crippen LogP contribution in [0.25, 0.3) is 0 Å². The molecule has 148 valence electrons. The molecule has 1 heterocycles. The summed E-state index contributed by atoms with van der Waals surface area (Å²) in [5.41, 5.74) is 3.49. The summed E-state index contributed by atoms with van der Waals surface area (Å²) in [4.78, 5) is 11.4. The number of hydrazone groups is 1. The van der Waals surface area contributed by atoms with Crippen molar-refractivity contribution in [3.63, 3.8) is 0 Å². The van der Waals surface area contributed by atoms with Crippen LogP contribution in [-0.2, 0) is 11.3 Å². The summed E-state index contributed by atoms with van der Waals surface area (Å²) in [5.74, 6) is 1.11. The van der Waals surface area contributed by atoms with Gasteiger partial charge < -0.3 is 23.9 Å². The fourth-order valence-electron chi connectivity index (χ4n) is 2.07. The minimum Gasteiger partial charge on any atom is -0.493 e. The number of carbonyl (C=O) groups excluding carboxylic acids is 1. The van der Waals surface area contributed by atoms with Crippen molar-refractivity contribution in [2.75, 3.05) is 20.8 Å². The highest BCUT2D eigenvalue weighted by Crippen LogP contribution is 2.28. The maximum Gasteiger partial charge on any atom is 0.373 e. The van der Waals surface area contributed by atoms with Gasteiger partial charge in [-0.05, 0) is 48.1 Å². The summed E-state index contributed by atoms with van der Waals surface area (Å²) in [6.07, 6.45) is 3.30. The van der Waals surface area contributed by atoms with Gasteiger partial charge in [-0.1, -0.05) is 6.08 Å². The first-order valence-corrected chi connectivity index (χ1v) is 8.64. The van der Waals surface area contributed by atoms with Crippen molar-refractivity contribution in [2.45, 2.75) is 6.61 Å². The molecule has 0 fully saturated rings. The van der Waals surface area contributed by atoms with Gasteiger partial charge in [0.2, 0.25) is 5.76 Å². The van der Waals surface area contributed by atoms with Crippen molar-refractivity contribution in [1.82, 2.24) is 10.7 Å². The minimum absolute atomic E-state index is 0.118. The Morgan fingerprint density at radius 2 is 2.11 bits per heavy atom. The normalized spacial score (nSPS) is 10.4. The smallest absolute Gasteiger partial charge is 0.373 e. The fourth-order valence-corrected chi connectivity index (χ4v) is 2.20. The van der Waals surface area contributed by atoms with Crippen molar-refractivity contribution < 1.29 is 23.4 Å². The van der Waals surface area contributed by atoms with E-state index < -0.39 is 5.97 Å². The van der Waals surface area contributed by atoms with Crippen LogP contribution < -0.4 is 20.2 Å². The highest BCUT2D eigenvalue weighted by Gasteiger charge is 2.12. The Bertz CT molecular complexity index is 863. The Kier molecular flexibility index (Phi) is 8.04. The van der Waals surface area contributed by atoms with Gasteiger partial charge in [-0.3, -0.25) is 5.43 Å². The number of nitrogens with zero attached hydrogens (tertiary/aromatic N) is 1. The minimum atomic E-state index is -0.541. The van der Waals surface area contributed by atoms with Crippen LogP contribution in [0.1, 0.15) is 21.9 Å². The van der Waals surface area contributed by atoms with Crippen LogP contribution in [0, 0.1) is 0 Å². The molecule has 1 aromatic heterocycles. The molecule has 0 saturated heterocycles. The fraction of sp³-hybridized carbons (Fsp3) is 0.211. The largest absolute Gasteiger partial charge is 0.493 e. The average molecular weight is 403 g/mol. The summed E-state index contributed by atoms with van der Waals surface area (Å²) in [6, 6.07) is 8.50. The van der Waals surface area contributed by atoms with Gasteiger partial charge in [0, 0.05) is 6.54 Å². The van der Waals surface area contributed by atoms with Gasteiger partial charge >= 0.3 is 5.97 Å². The molecule has 0 atom stereocenters. The third-order valence-corrected chi connectivity index (χ3v) is 3.63. The lowest BCUT2D eigenvalue weighted by molar-refractivity contribution is 0.0561. The zero-order valence-electron chi connectivity index (χ0n) is 15.6. The number of esters is 1. The first-order valence-electron chi connectivity index (χ1n) is 8.23. The van der Waals surface area contributed by atoms with E-state index in [1.165, 1.54) is 20.3 Å². The van der Waals surface area contributed by atoms with E-state index in [2.05, 4.69) is 27.2 Å². The Morgan fingerprint density at radius 1 is 1.29 bits per heavy atom. The van der Waals surface area contributed by atoms with Gasteiger partial charge in [0.05, 0.1) is 20.4 Å². The van der Waals surface area contributed by atoms with Crippen LogP contribution in [0.4, 0.5) is 0 Å². The quantitative estimate of drug-likeness (QED) is 0.217. The van der Waals surface area contributed by atoms with Crippen molar-refractivity contribution in [2.24, 2.45) is 5.10 Å². The second-order valence-electron chi connectivity index (χ2n) is 5.33. The Labute approximate surface area is 168 Å². The SMILES string of the molecule is C=CCNC(=S)N/N=C\c1ccc(OCc2ccc(C(=O)OC)o2)c(OC)c1. The van der Waals surface area contributed by atoms with Crippen molar-refractivity contribution >= 4 is 29.5 Å². The standard InChI is InChI=1S/C19H21N3O5S/c1-4-9-20-19(28)22-21-11-13-5-7-15(17(10-13)24-2)26-12-14-6-8-16(27-14)18(23)25-3/h4-8,10-11H,1,9,12H2,2-3H3,(H2,20,22,28)/b21-11-. The molecule has 1 aromatic carbocycles. The molecule has 0 aliphatic rings.